The first-order chi connectivity index (χ1) is 14.4. The fourth-order valence-electron chi connectivity index (χ4n) is 3.01. The van der Waals surface area contributed by atoms with Crippen LogP contribution in [0.25, 0.3) is 21.3 Å². The molecule has 0 aliphatic rings. The molecular formula is C20H13ClN4O4S. The van der Waals surface area contributed by atoms with Crippen LogP contribution >= 0.6 is 22.9 Å². The van der Waals surface area contributed by atoms with Gasteiger partial charge in [0.2, 0.25) is 0 Å². The Bertz CT molecular complexity index is 1360. The average molecular weight is 441 g/mol. The number of aryl methyl sites for hydroxylation is 1. The van der Waals surface area contributed by atoms with Crippen LogP contribution in [-0.4, -0.2) is 20.5 Å². The van der Waals surface area contributed by atoms with Crippen molar-refractivity contribution < 1.29 is 9.72 Å². The summed E-state index contributed by atoms with van der Waals surface area (Å²) in [4.78, 5) is 41.2. The van der Waals surface area contributed by atoms with Gasteiger partial charge in [0.1, 0.15) is 15.7 Å². The van der Waals surface area contributed by atoms with Crippen molar-refractivity contribution in [2.75, 3.05) is 5.43 Å². The number of halogens is 1. The second kappa shape index (κ2) is 7.69. The first-order valence-corrected chi connectivity index (χ1v) is 9.94. The van der Waals surface area contributed by atoms with Gasteiger partial charge in [0.15, 0.2) is 0 Å². The molecule has 2 aromatic heterocycles. The predicted molar refractivity (Wildman–Crippen MR) is 116 cm³/mol. The average Bonchev–Trinajstić information content (AvgIpc) is 3.15. The standard InChI is InChI=1S/C20H13ClN4O4S/c1-11-22-19-17(14(10-30-19)12-5-3-2-4-6-12)20(27)24(11)23-18(26)13-7-8-15(21)16(9-13)25(28)29/h2-10H,1H3,(H,23,26). The summed E-state index contributed by atoms with van der Waals surface area (Å²) in [6.45, 7) is 1.59. The Morgan fingerprint density at radius 3 is 2.67 bits per heavy atom. The fraction of sp³-hybridized carbons (Fsp3) is 0.0500. The van der Waals surface area contributed by atoms with Crippen molar-refractivity contribution in [1.29, 1.82) is 0 Å². The molecule has 150 valence electrons. The number of carbonyl (C=O) groups excluding carboxylic acids is 1. The molecule has 2 aromatic carbocycles. The fourth-order valence-corrected chi connectivity index (χ4v) is 4.18. The third-order valence-electron chi connectivity index (χ3n) is 4.48. The van der Waals surface area contributed by atoms with Crippen LogP contribution in [0.1, 0.15) is 16.2 Å². The van der Waals surface area contributed by atoms with Crippen LogP contribution < -0.4 is 11.0 Å². The molecule has 1 N–H and O–H groups in total. The summed E-state index contributed by atoms with van der Waals surface area (Å²) < 4.78 is 1.05. The number of thiophene rings is 1. The summed E-state index contributed by atoms with van der Waals surface area (Å²) in [6, 6.07) is 13.1. The lowest BCUT2D eigenvalue weighted by molar-refractivity contribution is -0.384. The highest BCUT2D eigenvalue weighted by atomic mass is 35.5. The van der Waals surface area contributed by atoms with Crippen LogP contribution in [0, 0.1) is 17.0 Å². The molecule has 30 heavy (non-hydrogen) atoms. The molecule has 0 atom stereocenters. The third-order valence-corrected chi connectivity index (χ3v) is 5.67. The molecule has 0 radical (unpaired) electrons. The normalized spacial score (nSPS) is 10.9. The molecule has 8 nitrogen and oxygen atoms in total. The number of amides is 1. The van der Waals surface area contributed by atoms with E-state index in [9.17, 15) is 19.7 Å². The van der Waals surface area contributed by atoms with E-state index in [1.807, 2.05) is 35.7 Å². The van der Waals surface area contributed by atoms with Gasteiger partial charge < -0.3 is 0 Å². The molecule has 4 rings (SSSR count). The van der Waals surface area contributed by atoms with E-state index in [1.54, 1.807) is 6.92 Å². The Kier molecular flexibility index (Phi) is 5.06. The monoisotopic (exact) mass is 440 g/mol. The number of hydrogen-bond acceptors (Lipinski definition) is 6. The van der Waals surface area contributed by atoms with E-state index < -0.39 is 22.1 Å². The van der Waals surface area contributed by atoms with Gasteiger partial charge >= 0.3 is 0 Å². The molecule has 0 aliphatic heterocycles. The molecule has 0 unspecified atom stereocenters. The summed E-state index contributed by atoms with van der Waals surface area (Å²) in [5.74, 6) is -0.414. The van der Waals surface area contributed by atoms with E-state index in [2.05, 4.69) is 10.4 Å². The number of nitrogens with zero attached hydrogens (tertiary/aromatic N) is 3. The maximum Gasteiger partial charge on any atom is 0.288 e. The smallest absolute Gasteiger partial charge is 0.267 e. The van der Waals surface area contributed by atoms with Gasteiger partial charge in [0, 0.05) is 22.6 Å². The zero-order valence-electron chi connectivity index (χ0n) is 15.5. The van der Waals surface area contributed by atoms with Crippen molar-refractivity contribution >= 4 is 44.7 Å². The Balaban J connectivity index is 1.78. The summed E-state index contributed by atoms with van der Waals surface area (Å²) >= 11 is 7.14. The zero-order chi connectivity index (χ0) is 21.4. The summed E-state index contributed by atoms with van der Waals surface area (Å²) in [6.07, 6.45) is 0. The molecule has 0 aliphatic carbocycles. The minimum absolute atomic E-state index is 0.00824. The Hall–Kier alpha value is -3.56. The maximum absolute atomic E-state index is 13.2. The van der Waals surface area contributed by atoms with Gasteiger partial charge in [-0.2, -0.15) is 0 Å². The first-order valence-electron chi connectivity index (χ1n) is 8.68. The van der Waals surface area contributed by atoms with Crippen LogP contribution in [0.5, 0.6) is 0 Å². The molecule has 0 saturated heterocycles. The van der Waals surface area contributed by atoms with E-state index in [1.165, 1.54) is 23.5 Å². The number of benzene rings is 2. The molecule has 0 bridgehead atoms. The van der Waals surface area contributed by atoms with Crippen molar-refractivity contribution in [2.45, 2.75) is 6.92 Å². The molecule has 4 aromatic rings. The van der Waals surface area contributed by atoms with Gasteiger partial charge in [-0.1, -0.05) is 41.9 Å². The number of carbonyl (C=O) groups is 1. The number of nitro benzene ring substituents is 1. The molecule has 0 fully saturated rings. The van der Waals surface area contributed by atoms with Crippen LogP contribution in [-0.2, 0) is 0 Å². The van der Waals surface area contributed by atoms with Gasteiger partial charge in [-0.3, -0.25) is 25.1 Å². The minimum atomic E-state index is -0.697. The van der Waals surface area contributed by atoms with Crippen molar-refractivity contribution in [3.8, 4) is 11.1 Å². The number of aromatic nitrogens is 2. The van der Waals surface area contributed by atoms with Gasteiger partial charge in [0.25, 0.3) is 17.2 Å². The summed E-state index contributed by atoms with van der Waals surface area (Å²) in [5, 5.41) is 13.2. The highest BCUT2D eigenvalue weighted by molar-refractivity contribution is 7.17. The number of nitro groups is 1. The van der Waals surface area contributed by atoms with E-state index >= 15 is 0 Å². The SMILES string of the molecule is Cc1nc2scc(-c3ccccc3)c2c(=O)n1NC(=O)c1ccc(Cl)c([N+](=O)[O-])c1. The number of fused-ring (bicyclic) bond motifs is 1. The Morgan fingerprint density at radius 1 is 1.23 bits per heavy atom. The maximum atomic E-state index is 13.2. The Morgan fingerprint density at radius 2 is 1.97 bits per heavy atom. The largest absolute Gasteiger partial charge is 0.288 e. The molecule has 2 heterocycles. The van der Waals surface area contributed by atoms with Crippen LogP contribution in [0.3, 0.4) is 0 Å². The van der Waals surface area contributed by atoms with Crippen molar-refractivity contribution in [2.24, 2.45) is 0 Å². The van der Waals surface area contributed by atoms with Gasteiger partial charge in [-0.05, 0) is 24.6 Å². The minimum Gasteiger partial charge on any atom is -0.267 e. The van der Waals surface area contributed by atoms with Gasteiger partial charge in [0.05, 0.1) is 10.3 Å². The lowest BCUT2D eigenvalue weighted by atomic mass is 10.1. The Labute approximate surface area is 178 Å². The number of nitrogens with one attached hydrogen (secondary N) is 1. The lowest BCUT2D eigenvalue weighted by Gasteiger charge is -2.11. The van der Waals surface area contributed by atoms with Gasteiger partial charge in [-0.15, -0.1) is 11.3 Å². The lowest BCUT2D eigenvalue weighted by Crippen LogP contribution is -2.35. The second-order valence-corrected chi connectivity index (χ2v) is 7.62. The second-order valence-electron chi connectivity index (χ2n) is 6.36. The highest BCUT2D eigenvalue weighted by Crippen LogP contribution is 2.30. The van der Waals surface area contributed by atoms with Crippen molar-refractivity contribution in [1.82, 2.24) is 9.66 Å². The molecular weight excluding hydrogens is 428 g/mol. The predicted octanol–water partition coefficient (Wildman–Crippen LogP) is 4.38. The topological polar surface area (TPSA) is 107 Å². The van der Waals surface area contributed by atoms with Crippen LogP contribution in [0.15, 0.2) is 58.7 Å². The molecule has 10 heteroatoms. The summed E-state index contributed by atoms with van der Waals surface area (Å²) in [5.41, 5.74) is 3.22. The number of hydrogen-bond donors (Lipinski definition) is 1. The number of rotatable bonds is 4. The summed E-state index contributed by atoms with van der Waals surface area (Å²) in [7, 11) is 0. The van der Waals surface area contributed by atoms with E-state index in [4.69, 9.17) is 11.6 Å². The first kappa shape index (κ1) is 19.7. The van der Waals surface area contributed by atoms with Crippen molar-refractivity contribution in [3.63, 3.8) is 0 Å². The van der Waals surface area contributed by atoms with Crippen LogP contribution in [0.4, 0.5) is 5.69 Å². The van der Waals surface area contributed by atoms with E-state index in [-0.39, 0.29) is 16.4 Å². The highest BCUT2D eigenvalue weighted by Gasteiger charge is 2.19. The van der Waals surface area contributed by atoms with Crippen molar-refractivity contribution in [3.05, 3.63) is 90.8 Å². The van der Waals surface area contributed by atoms with Crippen LogP contribution in [0.2, 0.25) is 5.02 Å². The molecule has 1 amide bonds. The third kappa shape index (κ3) is 3.44. The van der Waals surface area contributed by atoms with Gasteiger partial charge in [-0.25, -0.2) is 9.66 Å². The molecule has 0 spiro atoms. The quantitative estimate of drug-likeness (QED) is 0.374. The molecule has 0 saturated carbocycles. The van der Waals surface area contributed by atoms with E-state index in [0.29, 0.717) is 10.2 Å². The van der Waals surface area contributed by atoms with E-state index in [0.717, 1.165) is 21.9 Å². The zero-order valence-corrected chi connectivity index (χ0v) is 17.0.